The van der Waals surface area contributed by atoms with Crippen LogP contribution in [0.25, 0.3) is 32.1 Å². The molecule has 6 rings (SSSR count). The number of benzene rings is 3. The Bertz CT molecular complexity index is 1410. The highest BCUT2D eigenvalue weighted by atomic mass is 32.1. The Labute approximate surface area is 194 Å². The van der Waals surface area contributed by atoms with Crippen molar-refractivity contribution in [1.82, 2.24) is 9.97 Å². The van der Waals surface area contributed by atoms with Gasteiger partial charge in [0.05, 0.1) is 20.4 Å². The van der Waals surface area contributed by atoms with Crippen molar-refractivity contribution in [2.45, 2.75) is 0 Å². The van der Waals surface area contributed by atoms with E-state index in [4.69, 9.17) is 9.97 Å². The summed E-state index contributed by atoms with van der Waals surface area (Å²) in [4.78, 5) is 12.1. The minimum Gasteiger partial charge on any atom is -0.344 e. The molecule has 0 unspecified atom stereocenters. The summed E-state index contributed by atoms with van der Waals surface area (Å²) < 4.78 is 2.37. The smallest absolute Gasteiger partial charge is 0.127 e. The van der Waals surface area contributed by atoms with E-state index in [9.17, 15) is 0 Å². The van der Waals surface area contributed by atoms with Crippen LogP contribution >= 0.6 is 22.7 Å². The van der Waals surface area contributed by atoms with E-state index >= 15 is 0 Å². The Morgan fingerprint density at radius 2 is 1.34 bits per heavy atom. The SMILES string of the molecule is CN1/C(=C/C=C(c2nc3ccccc3s2)c2nc3ccccc3s2)C=Cc2ccccc21. The molecule has 0 aliphatic carbocycles. The molecule has 32 heavy (non-hydrogen) atoms. The summed E-state index contributed by atoms with van der Waals surface area (Å²) in [5.41, 5.74) is 6.67. The number of aromatic nitrogens is 2. The number of rotatable bonds is 3. The van der Waals surface area contributed by atoms with E-state index in [1.54, 1.807) is 22.7 Å². The normalized spacial score (nSPS) is 14.3. The van der Waals surface area contributed by atoms with Gasteiger partial charge in [-0.1, -0.05) is 48.5 Å². The molecule has 0 atom stereocenters. The first-order chi connectivity index (χ1) is 15.8. The zero-order valence-electron chi connectivity index (χ0n) is 17.4. The fourth-order valence-corrected chi connectivity index (χ4v) is 5.95. The van der Waals surface area contributed by atoms with Crippen molar-refractivity contribution in [1.29, 1.82) is 0 Å². The van der Waals surface area contributed by atoms with Gasteiger partial charge in [0, 0.05) is 24.0 Å². The van der Waals surface area contributed by atoms with Gasteiger partial charge in [-0.15, -0.1) is 22.7 Å². The van der Waals surface area contributed by atoms with Crippen molar-refractivity contribution in [3.05, 3.63) is 112 Å². The van der Waals surface area contributed by atoms with Gasteiger partial charge in [0.15, 0.2) is 0 Å². The lowest BCUT2D eigenvalue weighted by Crippen LogP contribution is -2.18. The third-order valence-electron chi connectivity index (χ3n) is 5.59. The molecule has 0 saturated heterocycles. The molecule has 3 nitrogen and oxygen atoms in total. The zero-order valence-corrected chi connectivity index (χ0v) is 19.0. The van der Waals surface area contributed by atoms with E-state index in [2.05, 4.69) is 96.9 Å². The van der Waals surface area contributed by atoms with Crippen molar-refractivity contribution in [2.75, 3.05) is 11.9 Å². The number of fused-ring (bicyclic) bond motifs is 3. The maximum absolute atomic E-state index is 4.93. The fourth-order valence-electron chi connectivity index (χ4n) is 3.90. The zero-order chi connectivity index (χ0) is 21.5. The molecule has 0 amide bonds. The monoisotopic (exact) mass is 449 g/mol. The number of thiazole rings is 2. The topological polar surface area (TPSA) is 29.0 Å². The Kier molecular flexibility index (Phi) is 4.71. The molecule has 2 aromatic heterocycles. The third kappa shape index (κ3) is 3.36. The quantitative estimate of drug-likeness (QED) is 0.288. The van der Waals surface area contributed by atoms with E-state index in [0.29, 0.717) is 0 Å². The molecule has 0 radical (unpaired) electrons. The summed E-state index contributed by atoms with van der Waals surface area (Å²) in [6.07, 6.45) is 8.66. The van der Waals surface area contributed by atoms with Crippen LogP contribution in [0, 0.1) is 0 Å². The summed E-state index contributed by atoms with van der Waals surface area (Å²) in [5, 5.41) is 1.98. The number of hydrogen-bond donors (Lipinski definition) is 0. The highest BCUT2D eigenvalue weighted by Crippen LogP contribution is 2.36. The van der Waals surface area contributed by atoms with Gasteiger partial charge in [0.25, 0.3) is 0 Å². The number of para-hydroxylation sites is 3. The molecule has 154 valence electrons. The van der Waals surface area contributed by atoms with Gasteiger partial charge in [0.2, 0.25) is 0 Å². The summed E-state index contributed by atoms with van der Waals surface area (Å²) in [6.45, 7) is 0. The molecule has 0 bridgehead atoms. The highest BCUT2D eigenvalue weighted by molar-refractivity contribution is 7.21. The lowest BCUT2D eigenvalue weighted by molar-refractivity contribution is 1.12. The van der Waals surface area contributed by atoms with Gasteiger partial charge in [-0.05, 0) is 54.1 Å². The van der Waals surface area contributed by atoms with Crippen molar-refractivity contribution < 1.29 is 0 Å². The lowest BCUT2D eigenvalue weighted by atomic mass is 10.1. The van der Waals surface area contributed by atoms with Gasteiger partial charge >= 0.3 is 0 Å². The summed E-state index contributed by atoms with van der Waals surface area (Å²) >= 11 is 3.42. The van der Waals surface area contributed by atoms with E-state index in [-0.39, 0.29) is 0 Å². The summed E-state index contributed by atoms with van der Waals surface area (Å²) in [5.74, 6) is 0. The molecule has 0 N–H and O–H groups in total. The van der Waals surface area contributed by atoms with Crippen molar-refractivity contribution >= 4 is 60.4 Å². The molecule has 0 spiro atoms. The molecule has 0 saturated carbocycles. The third-order valence-corrected chi connectivity index (χ3v) is 7.73. The highest BCUT2D eigenvalue weighted by Gasteiger charge is 2.16. The second-order valence-corrected chi connectivity index (χ2v) is 9.66. The average Bonchev–Trinajstić information content (AvgIpc) is 3.45. The van der Waals surface area contributed by atoms with Gasteiger partial charge < -0.3 is 4.90 Å². The summed E-state index contributed by atoms with van der Waals surface area (Å²) in [7, 11) is 2.11. The van der Waals surface area contributed by atoms with Crippen LogP contribution in [-0.4, -0.2) is 17.0 Å². The summed E-state index contributed by atoms with van der Waals surface area (Å²) in [6, 6.07) is 25.0. The van der Waals surface area contributed by atoms with Gasteiger partial charge in [-0.2, -0.15) is 0 Å². The average molecular weight is 450 g/mol. The first-order valence-corrected chi connectivity index (χ1v) is 12.0. The van der Waals surface area contributed by atoms with Crippen LogP contribution in [0.2, 0.25) is 0 Å². The predicted molar refractivity (Wildman–Crippen MR) is 138 cm³/mol. The molecular weight excluding hydrogens is 430 g/mol. The van der Waals surface area contributed by atoms with Crippen LogP contribution < -0.4 is 4.90 Å². The lowest BCUT2D eigenvalue weighted by Gasteiger charge is -2.26. The van der Waals surface area contributed by atoms with E-state index in [1.807, 2.05) is 12.1 Å². The maximum atomic E-state index is 4.93. The van der Waals surface area contributed by atoms with Gasteiger partial charge in [-0.3, -0.25) is 0 Å². The first-order valence-electron chi connectivity index (χ1n) is 10.4. The molecular formula is C27H19N3S2. The van der Waals surface area contributed by atoms with E-state index in [1.165, 1.54) is 20.7 Å². The van der Waals surface area contributed by atoms with Crippen molar-refractivity contribution in [3.63, 3.8) is 0 Å². The molecule has 1 aliphatic heterocycles. The van der Waals surface area contributed by atoms with Gasteiger partial charge in [-0.25, -0.2) is 9.97 Å². The minimum absolute atomic E-state index is 0.991. The van der Waals surface area contributed by atoms with Crippen LogP contribution in [0.15, 0.2) is 96.7 Å². The molecule has 3 aromatic carbocycles. The maximum Gasteiger partial charge on any atom is 0.127 e. The number of anilines is 1. The van der Waals surface area contributed by atoms with Crippen LogP contribution in [0.5, 0.6) is 0 Å². The number of hydrogen-bond acceptors (Lipinski definition) is 5. The molecule has 5 aromatic rings. The molecule has 5 heteroatoms. The van der Waals surface area contributed by atoms with Gasteiger partial charge in [0.1, 0.15) is 10.0 Å². The van der Waals surface area contributed by atoms with Crippen LogP contribution in [0.1, 0.15) is 15.6 Å². The molecule has 3 heterocycles. The Morgan fingerprint density at radius 1 is 0.750 bits per heavy atom. The fraction of sp³-hybridized carbons (Fsp3) is 0.0370. The van der Waals surface area contributed by atoms with Crippen LogP contribution in [-0.2, 0) is 0 Å². The number of likely N-dealkylation sites (N-methyl/N-ethyl adjacent to an activating group) is 1. The van der Waals surface area contributed by atoms with Crippen molar-refractivity contribution in [2.24, 2.45) is 0 Å². The largest absolute Gasteiger partial charge is 0.344 e. The van der Waals surface area contributed by atoms with Crippen LogP contribution in [0.4, 0.5) is 5.69 Å². The predicted octanol–water partition coefficient (Wildman–Crippen LogP) is 7.38. The van der Waals surface area contributed by atoms with E-state index in [0.717, 1.165) is 32.3 Å². The standard InChI is InChI=1S/C27H19N3S2/c1-30-19(15-14-18-8-2-5-11-23(18)30)16-17-20(26-28-21-9-3-6-12-24(21)31-26)27-29-22-10-4-7-13-25(22)32-27/h2-17H,1H3/b19-16+. The number of allylic oxidation sites excluding steroid dienone is 3. The molecule has 0 fully saturated rings. The Hall–Kier alpha value is -3.54. The minimum atomic E-state index is 0.991. The van der Waals surface area contributed by atoms with Crippen LogP contribution in [0.3, 0.4) is 0 Å². The molecule has 1 aliphatic rings. The van der Waals surface area contributed by atoms with E-state index < -0.39 is 0 Å². The Balaban J connectivity index is 1.49. The second kappa shape index (κ2) is 7.86. The first kappa shape index (κ1) is 19.2. The second-order valence-electron chi connectivity index (χ2n) is 7.60. The van der Waals surface area contributed by atoms with Crippen molar-refractivity contribution in [3.8, 4) is 0 Å². The number of nitrogens with zero attached hydrogens (tertiary/aromatic N) is 3. The Morgan fingerprint density at radius 3 is 2.00 bits per heavy atom.